The SMILES string of the molecule is Fc1ccc(Nc2nc(NC3CCCCC3)c3ccccc3n2)cc1Cl. The molecule has 0 unspecified atom stereocenters. The van der Waals surface area contributed by atoms with Gasteiger partial charge in [0.1, 0.15) is 11.6 Å². The standard InChI is InChI=1S/C20H20ClFN4/c21-16-12-14(10-11-17(16)22)24-20-25-18-9-5-4-8-15(18)19(26-20)23-13-6-2-1-3-7-13/h4-5,8-13H,1-3,6-7H2,(H2,23,24,25,26). The molecule has 0 aliphatic heterocycles. The Balaban J connectivity index is 1.67. The molecule has 0 radical (unpaired) electrons. The van der Waals surface area contributed by atoms with Crippen LogP contribution in [0.1, 0.15) is 32.1 Å². The Morgan fingerprint density at radius 3 is 2.62 bits per heavy atom. The Labute approximate surface area is 156 Å². The lowest BCUT2D eigenvalue weighted by molar-refractivity contribution is 0.462. The molecule has 2 aromatic carbocycles. The van der Waals surface area contributed by atoms with Gasteiger partial charge in [0.15, 0.2) is 0 Å². The number of anilines is 3. The highest BCUT2D eigenvalue weighted by Gasteiger charge is 2.16. The third-order valence-electron chi connectivity index (χ3n) is 4.72. The molecule has 2 N–H and O–H groups in total. The first-order valence-electron chi connectivity index (χ1n) is 8.94. The van der Waals surface area contributed by atoms with E-state index in [1.165, 1.54) is 31.4 Å². The summed E-state index contributed by atoms with van der Waals surface area (Å²) < 4.78 is 13.4. The number of fused-ring (bicyclic) bond motifs is 1. The summed E-state index contributed by atoms with van der Waals surface area (Å²) in [5.74, 6) is 0.846. The third-order valence-corrected chi connectivity index (χ3v) is 5.01. The van der Waals surface area contributed by atoms with E-state index in [4.69, 9.17) is 11.6 Å². The molecule has 0 atom stereocenters. The highest BCUT2D eigenvalue weighted by atomic mass is 35.5. The topological polar surface area (TPSA) is 49.8 Å². The number of para-hydroxylation sites is 1. The second-order valence-corrected chi connectivity index (χ2v) is 7.05. The number of nitrogens with one attached hydrogen (secondary N) is 2. The molecule has 1 aliphatic rings. The van der Waals surface area contributed by atoms with Crippen molar-refractivity contribution < 1.29 is 4.39 Å². The predicted molar refractivity (Wildman–Crippen MR) is 105 cm³/mol. The van der Waals surface area contributed by atoms with E-state index in [2.05, 4.69) is 20.6 Å². The molecule has 0 amide bonds. The van der Waals surface area contributed by atoms with Crippen molar-refractivity contribution in [1.29, 1.82) is 0 Å². The lowest BCUT2D eigenvalue weighted by Gasteiger charge is -2.24. The summed E-state index contributed by atoms with van der Waals surface area (Å²) in [6, 6.07) is 12.9. The van der Waals surface area contributed by atoms with Crippen LogP contribution in [0.25, 0.3) is 10.9 Å². The molecule has 6 heteroatoms. The van der Waals surface area contributed by atoms with Gasteiger partial charge in [-0.1, -0.05) is 43.0 Å². The van der Waals surface area contributed by atoms with Gasteiger partial charge >= 0.3 is 0 Å². The van der Waals surface area contributed by atoms with E-state index in [1.807, 2.05) is 24.3 Å². The molecule has 4 rings (SSSR count). The monoisotopic (exact) mass is 370 g/mol. The summed E-state index contributed by atoms with van der Waals surface area (Å²) in [6.45, 7) is 0. The van der Waals surface area contributed by atoms with Crippen molar-refractivity contribution in [2.75, 3.05) is 10.6 Å². The first-order chi connectivity index (χ1) is 12.7. The zero-order valence-electron chi connectivity index (χ0n) is 14.3. The molecule has 4 nitrogen and oxygen atoms in total. The maximum absolute atomic E-state index is 13.4. The normalized spacial score (nSPS) is 15.2. The van der Waals surface area contributed by atoms with Gasteiger partial charge in [-0.15, -0.1) is 0 Å². The van der Waals surface area contributed by atoms with Crippen LogP contribution in [0.5, 0.6) is 0 Å². The van der Waals surface area contributed by atoms with Gasteiger partial charge in [-0.3, -0.25) is 0 Å². The van der Waals surface area contributed by atoms with E-state index in [-0.39, 0.29) is 5.02 Å². The molecule has 1 saturated carbocycles. The van der Waals surface area contributed by atoms with Crippen LogP contribution in [-0.2, 0) is 0 Å². The van der Waals surface area contributed by atoms with Crippen LogP contribution < -0.4 is 10.6 Å². The molecule has 3 aromatic rings. The Morgan fingerprint density at radius 2 is 1.81 bits per heavy atom. The largest absolute Gasteiger partial charge is 0.367 e. The molecular formula is C20H20ClFN4. The maximum Gasteiger partial charge on any atom is 0.229 e. The van der Waals surface area contributed by atoms with Crippen molar-refractivity contribution >= 4 is 40.0 Å². The zero-order valence-corrected chi connectivity index (χ0v) is 15.1. The van der Waals surface area contributed by atoms with Gasteiger partial charge in [0.25, 0.3) is 0 Å². The van der Waals surface area contributed by atoms with Gasteiger partial charge in [-0.05, 0) is 43.2 Å². The number of hydrogen-bond acceptors (Lipinski definition) is 4. The lowest BCUT2D eigenvalue weighted by atomic mass is 9.95. The van der Waals surface area contributed by atoms with Crippen LogP contribution >= 0.6 is 11.6 Å². The van der Waals surface area contributed by atoms with E-state index in [0.717, 1.165) is 29.6 Å². The van der Waals surface area contributed by atoms with Crippen LogP contribution in [0, 0.1) is 5.82 Å². The van der Waals surface area contributed by atoms with Crippen LogP contribution in [0.4, 0.5) is 21.8 Å². The Bertz CT molecular complexity index is 925. The fourth-order valence-corrected chi connectivity index (χ4v) is 3.57. The van der Waals surface area contributed by atoms with Crippen LogP contribution in [0.15, 0.2) is 42.5 Å². The summed E-state index contributed by atoms with van der Waals surface area (Å²) >= 11 is 5.87. The first-order valence-corrected chi connectivity index (χ1v) is 9.32. The van der Waals surface area contributed by atoms with E-state index in [1.54, 1.807) is 6.07 Å². The van der Waals surface area contributed by atoms with Crippen LogP contribution in [0.2, 0.25) is 5.02 Å². The second kappa shape index (κ2) is 7.46. The molecule has 1 aromatic heterocycles. The quantitative estimate of drug-likeness (QED) is 0.599. The van der Waals surface area contributed by atoms with Gasteiger partial charge in [0, 0.05) is 17.1 Å². The van der Waals surface area contributed by atoms with Crippen molar-refractivity contribution in [3.63, 3.8) is 0 Å². The van der Waals surface area contributed by atoms with Gasteiger partial charge in [-0.2, -0.15) is 4.98 Å². The zero-order chi connectivity index (χ0) is 17.9. The van der Waals surface area contributed by atoms with E-state index in [9.17, 15) is 4.39 Å². The molecule has 1 fully saturated rings. The average Bonchev–Trinajstić information content (AvgIpc) is 2.66. The smallest absolute Gasteiger partial charge is 0.229 e. The Morgan fingerprint density at radius 1 is 1.00 bits per heavy atom. The van der Waals surface area contributed by atoms with Crippen LogP contribution in [0.3, 0.4) is 0 Å². The number of nitrogens with zero attached hydrogens (tertiary/aromatic N) is 2. The summed E-state index contributed by atoms with van der Waals surface area (Å²) in [4.78, 5) is 9.25. The van der Waals surface area contributed by atoms with Crippen molar-refractivity contribution in [3.05, 3.63) is 53.3 Å². The Hall–Kier alpha value is -2.40. The molecule has 0 saturated heterocycles. The summed E-state index contributed by atoms with van der Waals surface area (Å²) in [7, 11) is 0. The Kier molecular flexibility index (Phi) is 4.89. The van der Waals surface area contributed by atoms with E-state index in [0.29, 0.717) is 17.7 Å². The lowest BCUT2D eigenvalue weighted by Crippen LogP contribution is -2.23. The minimum atomic E-state index is -0.448. The molecule has 134 valence electrons. The minimum Gasteiger partial charge on any atom is -0.367 e. The van der Waals surface area contributed by atoms with Crippen molar-refractivity contribution in [1.82, 2.24) is 9.97 Å². The second-order valence-electron chi connectivity index (χ2n) is 6.65. The predicted octanol–water partition coefficient (Wildman–Crippen LogP) is 5.91. The van der Waals surface area contributed by atoms with Crippen molar-refractivity contribution in [3.8, 4) is 0 Å². The summed E-state index contributed by atoms with van der Waals surface area (Å²) in [6.07, 6.45) is 6.13. The molecule has 26 heavy (non-hydrogen) atoms. The van der Waals surface area contributed by atoms with Gasteiger partial charge in [0.2, 0.25) is 5.95 Å². The molecule has 0 bridgehead atoms. The fraction of sp³-hybridized carbons (Fsp3) is 0.300. The minimum absolute atomic E-state index is 0.0661. The number of benzene rings is 2. The summed E-state index contributed by atoms with van der Waals surface area (Å²) in [5.41, 5.74) is 1.51. The third kappa shape index (κ3) is 3.73. The van der Waals surface area contributed by atoms with Gasteiger partial charge < -0.3 is 10.6 Å². The van der Waals surface area contributed by atoms with Gasteiger partial charge in [-0.25, -0.2) is 9.37 Å². The fourth-order valence-electron chi connectivity index (χ4n) is 3.39. The number of aromatic nitrogens is 2. The van der Waals surface area contributed by atoms with Crippen molar-refractivity contribution in [2.24, 2.45) is 0 Å². The molecule has 0 spiro atoms. The van der Waals surface area contributed by atoms with Crippen LogP contribution in [-0.4, -0.2) is 16.0 Å². The summed E-state index contributed by atoms with van der Waals surface area (Å²) in [5, 5.41) is 7.79. The first kappa shape index (κ1) is 17.0. The van der Waals surface area contributed by atoms with Crippen molar-refractivity contribution in [2.45, 2.75) is 38.1 Å². The molecule has 1 aliphatic carbocycles. The average molecular weight is 371 g/mol. The highest BCUT2D eigenvalue weighted by molar-refractivity contribution is 6.31. The number of rotatable bonds is 4. The molecular weight excluding hydrogens is 351 g/mol. The highest BCUT2D eigenvalue weighted by Crippen LogP contribution is 2.28. The molecule has 1 heterocycles. The maximum atomic E-state index is 13.4. The van der Waals surface area contributed by atoms with E-state index < -0.39 is 5.82 Å². The number of halogens is 2. The van der Waals surface area contributed by atoms with E-state index >= 15 is 0 Å². The van der Waals surface area contributed by atoms with Gasteiger partial charge in [0.05, 0.1) is 10.5 Å². The number of hydrogen-bond donors (Lipinski definition) is 2.